The summed E-state index contributed by atoms with van der Waals surface area (Å²) < 4.78 is 0. The summed E-state index contributed by atoms with van der Waals surface area (Å²) in [6.45, 7) is 14.0. The Kier molecular flexibility index (Phi) is 19.9. The van der Waals surface area contributed by atoms with Gasteiger partial charge in [-0.25, -0.2) is 9.59 Å². The van der Waals surface area contributed by atoms with Gasteiger partial charge < -0.3 is 20.4 Å². The lowest BCUT2D eigenvalue weighted by Crippen LogP contribution is -2.30. The van der Waals surface area contributed by atoms with Crippen LogP contribution in [0.3, 0.4) is 0 Å². The first-order valence-corrected chi connectivity index (χ1v) is 6.85. The molecule has 0 aromatic carbocycles. The van der Waals surface area contributed by atoms with Crippen LogP contribution in [0.2, 0.25) is 0 Å². The molecule has 0 fully saturated rings. The number of nitrogens with zero attached hydrogens (tertiary/aromatic N) is 1. The summed E-state index contributed by atoms with van der Waals surface area (Å²) in [6, 6.07) is 0. The van der Waals surface area contributed by atoms with Crippen LogP contribution >= 0.6 is 0 Å². The van der Waals surface area contributed by atoms with E-state index in [-0.39, 0.29) is 24.4 Å². The minimum absolute atomic E-state index is 0.176. The summed E-state index contributed by atoms with van der Waals surface area (Å²) in [7, 11) is 0. The third kappa shape index (κ3) is 23.4. The summed E-state index contributed by atoms with van der Waals surface area (Å²) in [4.78, 5) is 21.2. The van der Waals surface area contributed by atoms with Crippen molar-refractivity contribution in [3.05, 3.63) is 24.3 Å². The Hall–Kier alpha value is -1.70. The number of hydrogen-bond donors (Lipinski definition) is 4. The molecule has 0 spiro atoms. The molecule has 0 unspecified atom stereocenters. The topological polar surface area (TPSA) is 118 Å². The van der Waals surface area contributed by atoms with Crippen LogP contribution in [-0.2, 0) is 9.59 Å². The number of rotatable bonds is 8. The lowest BCUT2D eigenvalue weighted by atomic mass is 10.4. The van der Waals surface area contributed by atoms with Gasteiger partial charge in [-0.2, -0.15) is 0 Å². The van der Waals surface area contributed by atoms with Crippen molar-refractivity contribution >= 4 is 11.9 Å². The number of carboxylic acid groups (broad SMARTS) is 2. The largest absolute Gasteiger partial charge is 0.478 e. The highest BCUT2D eigenvalue weighted by Crippen LogP contribution is 1.88. The number of aliphatic hydroxyl groups excluding tert-OH is 2. The molecule has 7 heteroatoms. The highest BCUT2D eigenvalue weighted by Gasteiger charge is 1.99. The molecule has 0 aromatic heterocycles. The van der Waals surface area contributed by atoms with E-state index < -0.39 is 11.9 Å². The Balaban J connectivity index is -0.000000261. The van der Waals surface area contributed by atoms with Gasteiger partial charge in [-0.05, 0) is 26.8 Å². The van der Waals surface area contributed by atoms with E-state index >= 15 is 0 Å². The van der Waals surface area contributed by atoms with Crippen LogP contribution in [0, 0.1) is 0 Å². The van der Waals surface area contributed by atoms with Gasteiger partial charge in [0.15, 0.2) is 0 Å². The van der Waals surface area contributed by atoms with Crippen molar-refractivity contribution in [2.75, 3.05) is 32.8 Å². The Bertz CT molecular complexity index is 279. The van der Waals surface area contributed by atoms with E-state index in [1.165, 1.54) is 13.8 Å². The molecule has 0 rings (SSSR count). The van der Waals surface area contributed by atoms with E-state index in [4.69, 9.17) is 20.4 Å². The maximum Gasteiger partial charge on any atom is 0.330 e. The van der Waals surface area contributed by atoms with Gasteiger partial charge in [0.1, 0.15) is 0 Å². The van der Waals surface area contributed by atoms with Crippen LogP contribution in [-0.4, -0.2) is 70.1 Å². The van der Waals surface area contributed by atoms with Crippen LogP contribution in [0.1, 0.15) is 27.2 Å². The van der Waals surface area contributed by atoms with Gasteiger partial charge in [0.25, 0.3) is 0 Å². The predicted octanol–water partition coefficient (Wildman–Crippen LogP) is 0.977. The van der Waals surface area contributed by atoms with Gasteiger partial charge in [0.2, 0.25) is 0 Å². The molecule has 130 valence electrons. The zero-order valence-electron chi connectivity index (χ0n) is 13.7. The third-order valence-electron chi connectivity index (χ3n) is 2.10. The summed E-state index contributed by atoms with van der Waals surface area (Å²) in [5, 5.41) is 32.9. The SMILES string of the molecule is C=C(C)C(=O)O.C=C(C)C(=O)O.CCCN(CCO)CCO. The molecule has 0 aliphatic rings. The first-order chi connectivity index (χ1) is 10.1. The molecule has 0 radical (unpaired) electrons. The molecule has 22 heavy (non-hydrogen) atoms. The first kappa shape index (κ1) is 25.3. The van der Waals surface area contributed by atoms with E-state index in [0.717, 1.165) is 13.0 Å². The Morgan fingerprint density at radius 2 is 1.14 bits per heavy atom. The zero-order valence-corrected chi connectivity index (χ0v) is 13.7. The van der Waals surface area contributed by atoms with Crippen LogP contribution in [0.15, 0.2) is 24.3 Å². The van der Waals surface area contributed by atoms with Gasteiger partial charge >= 0.3 is 11.9 Å². The average molecular weight is 319 g/mol. The van der Waals surface area contributed by atoms with E-state index in [2.05, 4.69) is 20.1 Å². The maximum absolute atomic E-state index is 9.60. The van der Waals surface area contributed by atoms with E-state index in [9.17, 15) is 9.59 Å². The second kappa shape index (κ2) is 17.4. The van der Waals surface area contributed by atoms with E-state index in [1.807, 2.05) is 4.90 Å². The fourth-order valence-corrected chi connectivity index (χ4v) is 0.934. The number of hydrogen-bond acceptors (Lipinski definition) is 5. The minimum Gasteiger partial charge on any atom is -0.478 e. The third-order valence-corrected chi connectivity index (χ3v) is 2.10. The van der Waals surface area contributed by atoms with Crippen molar-refractivity contribution in [3.8, 4) is 0 Å². The average Bonchev–Trinajstić information content (AvgIpc) is 2.40. The molecular formula is C15H29NO6. The van der Waals surface area contributed by atoms with Gasteiger partial charge in [-0.15, -0.1) is 0 Å². The fourth-order valence-electron chi connectivity index (χ4n) is 0.934. The van der Waals surface area contributed by atoms with Crippen molar-refractivity contribution in [1.29, 1.82) is 0 Å². The summed E-state index contributed by atoms with van der Waals surface area (Å²) >= 11 is 0. The van der Waals surface area contributed by atoms with Gasteiger partial charge in [-0.3, -0.25) is 4.90 Å². The number of aliphatic carboxylic acids is 2. The van der Waals surface area contributed by atoms with Gasteiger partial charge in [0.05, 0.1) is 13.2 Å². The molecular weight excluding hydrogens is 290 g/mol. The zero-order chi connectivity index (χ0) is 18.1. The fraction of sp³-hybridized carbons (Fsp3) is 0.600. The molecule has 0 saturated heterocycles. The highest BCUT2D eigenvalue weighted by atomic mass is 16.4. The Morgan fingerprint density at radius 1 is 0.864 bits per heavy atom. The Labute approximate surface area is 132 Å². The molecule has 0 amide bonds. The van der Waals surface area contributed by atoms with E-state index in [0.29, 0.717) is 13.1 Å². The molecule has 0 aromatic rings. The van der Waals surface area contributed by atoms with Gasteiger partial charge in [0, 0.05) is 24.2 Å². The van der Waals surface area contributed by atoms with Crippen molar-refractivity contribution < 1.29 is 30.0 Å². The number of aliphatic hydroxyl groups is 2. The predicted molar refractivity (Wildman–Crippen MR) is 85.8 cm³/mol. The van der Waals surface area contributed by atoms with Crippen molar-refractivity contribution in [2.24, 2.45) is 0 Å². The maximum atomic E-state index is 9.60. The van der Waals surface area contributed by atoms with Crippen LogP contribution in [0.4, 0.5) is 0 Å². The molecule has 0 atom stereocenters. The molecule has 4 N–H and O–H groups in total. The smallest absolute Gasteiger partial charge is 0.330 e. The van der Waals surface area contributed by atoms with Crippen LogP contribution in [0.25, 0.3) is 0 Å². The van der Waals surface area contributed by atoms with E-state index in [1.54, 1.807) is 0 Å². The van der Waals surface area contributed by atoms with Crippen LogP contribution in [0.5, 0.6) is 0 Å². The normalized spacial score (nSPS) is 9.00. The Morgan fingerprint density at radius 3 is 1.27 bits per heavy atom. The summed E-state index contributed by atoms with van der Waals surface area (Å²) in [5.74, 6) is -1.87. The number of carbonyl (C=O) groups is 2. The van der Waals surface area contributed by atoms with Crippen molar-refractivity contribution in [1.82, 2.24) is 4.90 Å². The minimum atomic E-state index is -0.935. The quantitative estimate of drug-likeness (QED) is 0.492. The lowest BCUT2D eigenvalue weighted by molar-refractivity contribution is -0.133. The standard InChI is InChI=1S/C7H17NO2.2C4H6O2/c1-2-3-8(4-6-9)5-7-10;2*1-3(2)4(5)6/h9-10H,2-7H2,1H3;2*1H2,2H3,(H,5,6). The molecule has 7 nitrogen and oxygen atoms in total. The van der Waals surface area contributed by atoms with Crippen molar-refractivity contribution in [2.45, 2.75) is 27.2 Å². The lowest BCUT2D eigenvalue weighted by Gasteiger charge is -2.18. The summed E-state index contributed by atoms with van der Waals surface area (Å²) in [5.41, 5.74) is 0.352. The van der Waals surface area contributed by atoms with Gasteiger partial charge in [-0.1, -0.05) is 20.1 Å². The second-order valence-corrected chi connectivity index (χ2v) is 4.46. The highest BCUT2D eigenvalue weighted by molar-refractivity contribution is 5.85. The molecule has 0 saturated carbocycles. The van der Waals surface area contributed by atoms with Crippen LogP contribution < -0.4 is 0 Å². The summed E-state index contributed by atoms with van der Waals surface area (Å²) in [6.07, 6.45) is 1.07. The van der Waals surface area contributed by atoms with Crippen molar-refractivity contribution in [3.63, 3.8) is 0 Å². The monoisotopic (exact) mass is 319 g/mol. The first-order valence-electron chi connectivity index (χ1n) is 6.85. The molecule has 0 bridgehead atoms. The number of carboxylic acids is 2. The molecule has 0 heterocycles. The second-order valence-electron chi connectivity index (χ2n) is 4.46. The molecule has 0 aliphatic heterocycles. The molecule has 0 aliphatic carbocycles.